The number of unbranched alkanes of at least 4 members (excludes halogenated alkanes) is 4. The molecule has 0 fully saturated rings. The Morgan fingerprint density at radius 1 is 0.833 bits per heavy atom. The highest BCUT2D eigenvalue weighted by molar-refractivity contribution is 4.80. The van der Waals surface area contributed by atoms with Gasteiger partial charge in [-0.1, -0.05) is 73.1 Å². The normalized spacial score (nSPS) is 14.2. The lowest BCUT2D eigenvalue weighted by Gasteiger charge is -2.32. The van der Waals surface area contributed by atoms with Gasteiger partial charge in [-0.3, -0.25) is 0 Å². The molecule has 0 spiro atoms. The van der Waals surface area contributed by atoms with Gasteiger partial charge in [0.1, 0.15) is 0 Å². The second-order valence-corrected chi connectivity index (χ2v) is 6.94. The number of hydrogen-bond acceptors (Lipinski definition) is 1. The van der Waals surface area contributed by atoms with Crippen LogP contribution in [0.25, 0.3) is 0 Å². The van der Waals surface area contributed by atoms with Crippen LogP contribution in [-0.4, -0.2) is 12.1 Å². The summed E-state index contributed by atoms with van der Waals surface area (Å²) in [4.78, 5) is 0. The molecule has 0 saturated heterocycles. The van der Waals surface area contributed by atoms with Gasteiger partial charge in [0.05, 0.1) is 0 Å². The summed E-state index contributed by atoms with van der Waals surface area (Å²) in [7, 11) is 0. The van der Waals surface area contributed by atoms with Crippen molar-refractivity contribution in [2.24, 2.45) is 5.41 Å². The van der Waals surface area contributed by atoms with E-state index < -0.39 is 0 Å². The van der Waals surface area contributed by atoms with Gasteiger partial charge in [-0.25, -0.2) is 0 Å². The van der Waals surface area contributed by atoms with E-state index in [9.17, 15) is 0 Å². The molecule has 18 heavy (non-hydrogen) atoms. The average molecular weight is 255 g/mol. The molecule has 0 radical (unpaired) electrons. The van der Waals surface area contributed by atoms with Crippen LogP contribution in [0.3, 0.4) is 0 Å². The summed E-state index contributed by atoms with van der Waals surface area (Å²) in [5, 5.41) is 3.87. The Balaban J connectivity index is 4.10. The molecule has 0 saturated carbocycles. The summed E-state index contributed by atoms with van der Waals surface area (Å²) >= 11 is 0. The molecule has 0 aliphatic heterocycles. The van der Waals surface area contributed by atoms with Crippen molar-refractivity contribution in [2.45, 2.75) is 105 Å². The SMILES string of the molecule is CCCCCC(CCCCC)NC(C)C(C)(C)C. The lowest BCUT2D eigenvalue weighted by Crippen LogP contribution is -2.43. The Bertz CT molecular complexity index is 171. The van der Waals surface area contributed by atoms with Crippen LogP contribution in [0.5, 0.6) is 0 Å². The molecule has 0 heterocycles. The Kier molecular flexibility index (Phi) is 9.81. The van der Waals surface area contributed by atoms with E-state index in [-0.39, 0.29) is 0 Å². The lowest BCUT2D eigenvalue weighted by atomic mass is 9.87. The van der Waals surface area contributed by atoms with Gasteiger partial charge in [-0.05, 0) is 25.2 Å². The third-order valence-electron chi connectivity index (χ3n) is 4.10. The molecule has 0 aliphatic rings. The lowest BCUT2D eigenvalue weighted by molar-refractivity contribution is 0.248. The van der Waals surface area contributed by atoms with Crippen molar-refractivity contribution < 1.29 is 0 Å². The van der Waals surface area contributed by atoms with Gasteiger partial charge in [0, 0.05) is 12.1 Å². The minimum atomic E-state index is 0.369. The maximum absolute atomic E-state index is 3.87. The van der Waals surface area contributed by atoms with Gasteiger partial charge in [-0.2, -0.15) is 0 Å². The zero-order valence-corrected chi connectivity index (χ0v) is 13.8. The fourth-order valence-electron chi connectivity index (χ4n) is 2.20. The highest BCUT2D eigenvalue weighted by atomic mass is 15.0. The van der Waals surface area contributed by atoms with Crippen LogP contribution in [-0.2, 0) is 0 Å². The fraction of sp³-hybridized carbons (Fsp3) is 1.00. The van der Waals surface area contributed by atoms with Crippen molar-refractivity contribution >= 4 is 0 Å². The molecule has 0 aromatic carbocycles. The third kappa shape index (κ3) is 8.97. The van der Waals surface area contributed by atoms with Crippen LogP contribution in [0.4, 0.5) is 0 Å². The molecule has 0 aliphatic carbocycles. The average Bonchev–Trinajstić information content (AvgIpc) is 2.28. The smallest absolute Gasteiger partial charge is 0.00898 e. The standard InChI is InChI=1S/C17H37N/c1-7-9-11-13-16(14-12-10-8-2)18-15(3)17(4,5)6/h15-16,18H,7-14H2,1-6H3. The number of hydrogen-bond donors (Lipinski definition) is 1. The third-order valence-corrected chi connectivity index (χ3v) is 4.10. The summed E-state index contributed by atoms with van der Waals surface area (Å²) in [5.41, 5.74) is 0.369. The first kappa shape index (κ1) is 18.0. The second-order valence-electron chi connectivity index (χ2n) is 6.94. The predicted octanol–water partition coefficient (Wildman–Crippen LogP) is 5.54. The van der Waals surface area contributed by atoms with E-state index in [0.717, 1.165) is 6.04 Å². The van der Waals surface area contributed by atoms with Gasteiger partial charge in [0.15, 0.2) is 0 Å². The van der Waals surface area contributed by atoms with Crippen molar-refractivity contribution in [3.8, 4) is 0 Å². The quantitative estimate of drug-likeness (QED) is 0.505. The van der Waals surface area contributed by atoms with E-state index in [0.29, 0.717) is 11.5 Å². The summed E-state index contributed by atoms with van der Waals surface area (Å²) in [6.07, 6.45) is 10.9. The van der Waals surface area contributed by atoms with Crippen LogP contribution in [0.2, 0.25) is 0 Å². The highest BCUT2D eigenvalue weighted by Gasteiger charge is 2.22. The fourth-order valence-corrected chi connectivity index (χ4v) is 2.20. The van der Waals surface area contributed by atoms with Gasteiger partial charge < -0.3 is 5.32 Å². The highest BCUT2D eigenvalue weighted by Crippen LogP contribution is 2.21. The molecule has 1 N–H and O–H groups in total. The van der Waals surface area contributed by atoms with Crippen molar-refractivity contribution in [2.75, 3.05) is 0 Å². The number of rotatable bonds is 10. The summed E-state index contributed by atoms with van der Waals surface area (Å²) in [5.74, 6) is 0. The molecule has 0 rings (SSSR count). The van der Waals surface area contributed by atoms with Crippen LogP contribution in [0.15, 0.2) is 0 Å². The van der Waals surface area contributed by atoms with Crippen molar-refractivity contribution in [1.82, 2.24) is 5.32 Å². The Morgan fingerprint density at radius 2 is 1.28 bits per heavy atom. The molecule has 0 aromatic rings. The first-order valence-electron chi connectivity index (χ1n) is 8.17. The second kappa shape index (κ2) is 9.83. The zero-order valence-electron chi connectivity index (χ0n) is 13.8. The van der Waals surface area contributed by atoms with E-state index >= 15 is 0 Å². The van der Waals surface area contributed by atoms with Crippen LogP contribution >= 0.6 is 0 Å². The first-order valence-corrected chi connectivity index (χ1v) is 8.17. The monoisotopic (exact) mass is 255 g/mol. The predicted molar refractivity (Wildman–Crippen MR) is 84.1 cm³/mol. The van der Waals surface area contributed by atoms with E-state index in [4.69, 9.17) is 0 Å². The summed E-state index contributed by atoms with van der Waals surface area (Å²) in [6, 6.07) is 1.34. The number of nitrogens with one attached hydrogen (secondary N) is 1. The molecule has 1 atom stereocenters. The molecule has 0 amide bonds. The molecule has 1 unspecified atom stereocenters. The molecule has 0 aromatic heterocycles. The van der Waals surface area contributed by atoms with Gasteiger partial charge in [0.2, 0.25) is 0 Å². The first-order chi connectivity index (χ1) is 8.41. The molecule has 1 nitrogen and oxygen atoms in total. The molecular formula is C17H37N. The van der Waals surface area contributed by atoms with Crippen molar-refractivity contribution in [3.05, 3.63) is 0 Å². The van der Waals surface area contributed by atoms with Crippen LogP contribution < -0.4 is 5.32 Å². The molecule has 0 bridgehead atoms. The van der Waals surface area contributed by atoms with Gasteiger partial charge in [-0.15, -0.1) is 0 Å². The molecule has 1 heteroatoms. The molecular weight excluding hydrogens is 218 g/mol. The maximum Gasteiger partial charge on any atom is 0.00898 e. The molecule has 110 valence electrons. The van der Waals surface area contributed by atoms with E-state index in [1.807, 2.05) is 0 Å². The van der Waals surface area contributed by atoms with E-state index in [2.05, 4.69) is 46.9 Å². The Labute approximate surface area is 116 Å². The van der Waals surface area contributed by atoms with Crippen LogP contribution in [0, 0.1) is 5.41 Å². The minimum absolute atomic E-state index is 0.369. The minimum Gasteiger partial charge on any atom is -0.311 e. The van der Waals surface area contributed by atoms with E-state index in [1.165, 1.54) is 51.4 Å². The largest absolute Gasteiger partial charge is 0.311 e. The Hall–Kier alpha value is -0.0400. The maximum atomic E-state index is 3.87. The van der Waals surface area contributed by atoms with Crippen molar-refractivity contribution in [3.63, 3.8) is 0 Å². The van der Waals surface area contributed by atoms with Crippen molar-refractivity contribution in [1.29, 1.82) is 0 Å². The summed E-state index contributed by atoms with van der Waals surface area (Å²) in [6.45, 7) is 13.9. The van der Waals surface area contributed by atoms with Gasteiger partial charge >= 0.3 is 0 Å². The topological polar surface area (TPSA) is 12.0 Å². The van der Waals surface area contributed by atoms with Crippen LogP contribution in [0.1, 0.15) is 92.9 Å². The van der Waals surface area contributed by atoms with E-state index in [1.54, 1.807) is 0 Å². The summed E-state index contributed by atoms with van der Waals surface area (Å²) < 4.78 is 0. The van der Waals surface area contributed by atoms with Gasteiger partial charge in [0.25, 0.3) is 0 Å². The Morgan fingerprint density at radius 3 is 1.61 bits per heavy atom. The zero-order chi connectivity index (χ0) is 14.0.